The average molecular weight is 247 g/mol. The number of nitrogens with one attached hydrogen (secondary N) is 1. The average Bonchev–Trinajstić information content (AvgIpc) is 2.39. The fourth-order valence-corrected chi connectivity index (χ4v) is 2.10. The molecule has 0 bridgehead atoms. The highest BCUT2D eigenvalue weighted by Gasteiger charge is 2.14. The summed E-state index contributed by atoms with van der Waals surface area (Å²) in [4.78, 5) is 0. The number of rotatable bonds is 8. The number of ether oxygens (including phenoxy) is 1. The minimum atomic E-state index is 0.345. The van der Waals surface area contributed by atoms with Crippen molar-refractivity contribution in [2.24, 2.45) is 0 Å². The van der Waals surface area contributed by atoms with Gasteiger partial charge >= 0.3 is 0 Å². The van der Waals surface area contributed by atoms with Gasteiger partial charge in [0, 0.05) is 11.6 Å². The predicted molar refractivity (Wildman–Crippen MR) is 78.2 cm³/mol. The van der Waals surface area contributed by atoms with Crippen LogP contribution in [0.25, 0.3) is 0 Å². The lowest BCUT2D eigenvalue weighted by Gasteiger charge is -2.21. The molecule has 0 aliphatic heterocycles. The van der Waals surface area contributed by atoms with Crippen LogP contribution in [0.2, 0.25) is 0 Å². The number of aryl methyl sites for hydroxylation is 1. The van der Waals surface area contributed by atoms with Gasteiger partial charge in [0.25, 0.3) is 0 Å². The molecule has 0 spiro atoms. The molecule has 1 aromatic rings. The van der Waals surface area contributed by atoms with E-state index in [-0.39, 0.29) is 0 Å². The number of hydrogen-bond donors (Lipinski definition) is 1. The van der Waals surface area contributed by atoms with Crippen LogP contribution in [-0.4, -0.2) is 13.7 Å². The van der Waals surface area contributed by atoms with Crippen molar-refractivity contribution in [1.82, 2.24) is 5.32 Å². The van der Waals surface area contributed by atoms with E-state index in [9.17, 15) is 0 Å². The molecule has 0 aliphatic carbocycles. The summed E-state index contributed by atoms with van der Waals surface area (Å²) in [5.41, 5.74) is 2.53. The van der Waals surface area contributed by atoms with Crippen LogP contribution in [0.3, 0.4) is 0 Å². The van der Waals surface area contributed by atoms with Crippen LogP contribution in [0, 0.1) is 6.92 Å². The molecule has 18 heavy (non-hydrogen) atoms. The summed E-state index contributed by atoms with van der Waals surface area (Å²) in [5.74, 6) is 0.971. The van der Waals surface area contributed by atoms with E-state index in [0.29, 0.717) is 6.04 Å². The second-order valence-electron chi connectivity index (χ2n) is 4.62. The molecule has 0 saturated heterocycles. The number of allylic oxidation sites excluding steroid dienone is 1. The quantitative estimate of drug-likeness (QED) is 0.701. The van der Waals surface area contributed by atoms with Crippen LogP contribution in [-0.2, 0) is 0 Å². The molecule has 1 aromatic carbocycles. The molecule has 0 aromatic heterocycles. The van der Waals surface area contributed by atoms with Crippen LogP contribution >= 0.6 is 0 Å². The van der Waals surface area contributed by atoms with E-state index in [1.54, 1.807) is 7.11 Å². The normalized spacial score (nSPS) is 12.2. The first-order valence-corrected chi connectivity index (χ1v) is 6.71. The molecule has 0 heterocycles. The van der Waals surface area contributed by atoms with Crippen molar-refractivity contribution in [2.75, 3.05) is 13.7 Å². The Morgan fingerprint density at radius 2 is 2.22 bits per heavy atom. The van der Waals surface area contributed by atoms with Gasteiger partial charge in [-0.15, -0.1) is 6.58 Å². The summed E-state index contributed by atoms with van der Waals surface area (Å²) in [6.07, 6.45) is 5.18. The van der Waals surface area contributed by atoms with E-state index in [1.807, 2.05) is 6.08 Å². The summed E-state index contributed by atoms with van der Waals surface area (Å²) in [5, 5.41) is 3.59. The topological polar surface area (TPSA) is 21.3 Å². The minimum absolute atomic E-state index is 0.345. The largest absolute Gasteiger partial charge is 0.496 e. The molecule has 0 saturated carbocycles. The maximum atomic E-state index is 5.48. The highest BCUT2D eigenvalue weighted by atomic mass is 16.5. The van der Waals surface area contributed by atoms with Gasteiger partial charge in [-0.2, -0.15) is 0 Å². The third kappa shape index (κ3) is 4.19. The SMILES string of the molecule is C=CCCC(NCCC)c1cc(C)ccc1OC. The number of methoxy groups -OCH3 is 1. The third-order valence-corrected chi connectivity index (χ3v) is 3.06. The Morgan fingerprint density at radius 3 is 2.83 bits per heavy atom. The zero-order valence-corrected chi connectivity index (χ0v) is 11.8. The van der Waals surface area contributed by atoms with Crippen molar-refractivity contribution >= 4 is 0 Å². The first-order valence-electron chi connectivity index (χ1n) is 6.71. The molecular formula is C16H25NO. The van der Waals surface area contributed by atoms with Gasteiger partial charge < -0.3 is 10.1 Å². The van der Waals surface area contributed by atoms with E-state index < -0.39 is 0 Å². The Morgan fingerprint density at radius 1 is 1.44 bits per heavy atom. The van der Waals surface area contributed by atoms with Gasteiger partial charge in [0.05, 0.1) is 7.11 Å². The molecule has 1 N–H and O–H groups in total. The highest BCUT2D eigenvalue weighted by molar-refractivity contribution is 5.39. The highest BCUT2D eigenvalue weighted by Crippen LogP contribution is 2.29. The summed E-state index contributed by atoms with van der Waals surface area (Å²) in [6.45, 7) is 9.14. The Balaban J connectivity index is 2.93. The maximum absolute atomic E-state index is 5.48. The van der Waals surface area contributed by atoms with Crippen molar-refractivity contribution in [3.8, 4) is 5.75 Å². The minimum Gasteiger partial charge on any atom is -0.496 e. The van der Waals surface area contributed by atoms with Gasteiger partial charge in [-0.3, -0.25) is 0 Å². The molecule has 2 heteroatoms. The second kappa shape index (κ2) is 7.93. The smallest absolute Gasteiger partial charge is 0.123 e. The first-order chi connectivity index (χ1) is 8.72. The molecule has 2 nitrogen and oxygen atoms in total. The molecular weight excluding hydrogens is 222 g/mol. The van der Waals surface area contributed by atoms with Crippen molar-refractivity contribution in [1.29, 1.82) is 0 Å². The Labute approximate surface area is 111 Å². The van der Waals surface area contributed by atoms with Crippen LogP contribution in [0.15, 0.2) is 30.9 Å². The van der Waals surface area contributed by atoms with Crippen molar-refractivity contribution in [3.63, 3.8) is 0 Å². The number of hydrogen-bond acceptors (Lipinski definition) is 2. The Kier molecular flexibility index (Phi) is 6.51. The van der Waals surface area contributed by atoms with Crippen LogP contribution in [0.4, 0.5) is 0 Å². The van der Waals surface area contributed by atoms with E-state index in [2.05, 4.69) is 43.9 Å². The van der Waals surface area contributed by atoms with Gasteiger partial charge in [0.15, 0.2) is 0 Å². The summed E-state index contributed by atoms with van der Waals surface area (Å²) < 4.78 is 5.48. The molecule has 1 rings (SSSR count). The summed E-state index contributed by atoms with van der Waals surface area (Å²) in [7, 11) is 1.73. The van der Waals surface area contributed by atoms with Crippen LogP contribution in [0.1, 0.15) is 43.4 Å². The lowest BCUT2D eigenvalue weighted by atomic mass is 9.99. The molecule has 0 fully saturated rings. The zero-order chi connectivity index (χ0) is 13.4. The van der Waals surface area contributed by atoms with Crippen molar-refractivity contribution in [3.05, 3.63) is 42.0 Å². The molecule has 1 atom stereocenters. The third-order valence-electron chi connectivity index (χ3n) is 3.06. The molecule has 0 amide bonds. The zero-order valence-electron chi connectivity index (χ0n) is 11.8. The summed E-state index contributed by atoms with van der Waals surface area (Å²) >= 11 is 0. The lowest BCUT2D eigenvalue weighted by Crippen LogP contribution is -2.22. The molecule has 100 valence electrons. The second-order valence-corrected chi connectivity index (χ2v) is 4.62. The first kappa shape index (κ1) is 14.8. The van der Waals surface area contributed by atoms with Gasteiger partial charge in [0.1, 0.15) is 5.75 Å². The predicted octanol–water partition coefficient (Wildman–Crippen LogP) is 4.01. The molecule has 0 aliphatic rings. The Bertz CT molecular complexity index is 373. The molecule has 0 radical (unpaired) electrons. The van der Waals surface area contributed by atoms with Crippen LogP contribution < -0.4 is 10.1 Å². The fourth-order valence-electron chi connectivity index (χ4n) is 2.10. The monoisotopic (exact) mass is 247 g/mol. The van der Waals surface area contributed by atoms with Gasteiger partial charge in [-0.05, 0) is 38.8 Å². The van der Waals surface area contributed by atoms with Gasteiger partial charge in [-0.25, -0.2) is 0 Å². The van der Waals surface area contributed by atoms with Gasteiger partial charge in [-0.1, -0.05) is 30.7 Å². The van der Waals surface area contributed by atoms with E-state index in [1.165, 1.54) is 11.1 Å². The maximum Gasteiger partial charge on any atom is 0.123 e. The lowest BCUT2D eigenvalue weighted by molar-refractivity contribution is 0.395. The molecule has 1 unspecified atom stereocenters. The standard InChI is InChI=1S/C16H25NO/c1-5-7-8-15(17-11-6-2)14-12-13(3)9-10-16(14)18-4/h5,9-10,12,15,17H,1,6-8,11H2,2-4H3. The van der Waals surface area contributed by atoms with E-state index >= 15 is 0 Å². The Hall–Kier alpha value is -1.28. The summed E-state index contributed by atoms with van der Waals surface area (Å²) in [6, 6.07) is 6.71. The van der Waals surface area contributed by atoms with Gasteiger partial charge in [0.2, 0.25) is 0 Å². The fraction of sp³-hybridized carbons (Fsp3) is 0.500. The van der Waals surface area contributed by atoms with Crippen LogP contribution in [0.5, 0.6) is 5.75 Å². The van der Waals surface area contributed by atoms with E-state index in [0.717, 1.165) is 31.6 Å². The number of benzene rings is 1. The van der Waals surface area contributed by atoms with Crippen molar-refractivity contribution < 1.29 is 4.74 Å². The van der Waals surface area contributed by atoms with E-state index in [4.69, 9.17) is 4.74 Å². The van der Waals surface area contributed by atoms with Crippen molar-refractivity contribution in [2.45, 2.75) is 39.2 Å².